The maximum absolute atomic E-state index is 12.8. The Morgan fingerprint density at radius 2 is 2.03 bits per heavy atom. The van der Waals surface area contributed by atoms with E-state index in [9.17, 15) is 9.59 Å². The molecule has 1 N–H and O–H groups in total. The van der Waals surface area contributed by atoms with Gasteiger partial charge >= 0.3 is 0 Å². The third-order valence-corrected chi connectivity index (χ3v) is 4.99. The number of ether oxygens (including phenoxy) is 1. The molecular formula is C23H24N4O3. The van der Waals surface area contributed by atoms with Crippen LogP contribution in [0.5, 0.6) is 0 Å². The van der Waals surface area contributed by atoms with E-state index in [1.165, 1.54) is 0 Å². The minimum atomic E-state index is -0.408. The summed E-state index contributed by atoms with van der Waals surface area (Å²) in [5.41, 5.74) is 2.47. The first-order chi connectivity index (χ1) is 14.5. The fourth-order valence-electron chi connectivity index (χ4n) is 3.57. The molecule has 2 aromatic heterocycles. The lowest BCUT2D eigenvalue weighted by Gasteiger charge is -2.33. The third kappa shape index (κ3) is 4.16. The predicted molar refractivity (Wildman–Crippen MR) is 113 cm³/mol. The molecule has 0 saturated carbocycles. The minimum Gasteiger partial charge on any atom is -0.368 e. The molecule has 2 amide bonds. The van der Waals surface area contributed by atoms with Crippen LogP contribution in [-0.4, -0.2) is 52.4 Å². The first kappa shape index (κ1) is 20.0. The standard InChI is InChI=1S/C23H24N4O3/c1-15(2)25-22(28)18-12-20(26-19-8-4-3-7-17(18)19)21-14-27(10-11-30-21)23(29)16-6-5-9-24-13-16/h3-9,12-13,15,21H,10-11,14H2,1-2H3,(H,25,28). The fraction of sp³-hybridized carbons (Fsp3) is 0.304. The Balaban J connectivity index is 1.65. The van der Waals surface area contributed by atoms with Crippen molar-refractivity contribution in [2.24, 2.45) is 0 Å². The van der Waals surface area contributed by atoms with Gasteiger partial charge in [0.25, 0.3) is 11.8 Å². The van der Waals surface area contributed by atoms with Gasteiger partial charge in [-0.25, -0.2) is 4.98 Å². The van der Waals surface area contributed by atoms with Gasteiger partial charge in [-0.1, -0.05) is 18.2 Å². The minimum absolute atomic E-state index is 0.0198. The highest BCUT2D eigenvalue weighted by Crippen LogP contribution is 2.26. The van der Waals surface area contributed by atoms with Crippen LogP contribution in [-0.2, 0) is 4.74 Å². The molecule has 0 bridgehead atoms. The number of pyridine rings is 2. The third-order valence-electron chi connectivity index (χ3n) is 4.99. The number of morpholine rings is 1. The van der Waals surface area contributed by atoms with Gasteiger partial charge in [0.1, 0.15) is 6.10 Å². The van der Waals surface area contributed by atoms with E-state index >= 15 is 0 Å². The molecule has 7 nitrogen and oxygen atoms in total. The summed E-state index contributed by atoms with van der Waals surface area (Å²) in [6, 6.07) is 12.9. The first-order valence-corrected chi connectivity index (χ1v) is 10.0. The van der Waals surface area contributed by atoms with Crippen LogP contribution in [0.3, 0.4) is 0 Å². The molecule has 1 fully saturated rings. The largest absolute Gasteiger partial charge is 0.368 e. The molecule has 3 aromatic rings. The molecule has 1 aliphatic heterocycles. The van der Waals surface area contributed by atoms with Crippen LogP contribution in [0, 0.1) is 0 Å². The summed E-state index contributed by atoms with van der Waals surface area (Å²) in [6.45, 7) is 5.12. The number of nitrogens with one attached hydrogen (secondary N) is 1. The van der Waals surface area contributed by atoms with Gasteiger partial charge < -0.3 is 15.0 Å². The first-order valence-electron chi connectivity index (χ1n) is 10.0. The molecule has 1 saturated heterocycles. The van der Waals surface area contributed by atoms with Crippen molar-refractivity contribution < 1.29 is 14.3 Å². The van der Waals surface area contributed by atoms with Crippen LogP contribution < -0.4 is 5.32 Å². The van der Waals surface area contributed by atoms with Gasteiger partial charge in [0.2, 0.25) is 0 Å². The van der Waals surface area contributed by atoms with E-state index < -0.39 is 6.10 Å². The molecule has 7 heteroatoms. The Morgan fingerprint density at radius 3 is 2.80 bits per heavy atom. The summed E-state index contributed by atoms with van der Waals surface area (Å²) in [4.78, 5) is 36.2. The highest BCUT2D eigenvalue weighted by Gasteiger charge is 2.28. The van der Waals surface area contributed by atoms with Crippen LogP contribution >= 0.6 is 0 Å². The quantitative estimate of drug-likeness (QED) is 0.723. The normalized spacial score (nSPS) is 16.6. The summed E-state index contributed by atoms with van der Waals surface area (Å²) in [5, 5.41) is 3.74. The second-order valence-corrected chi connectivity index (χ2v) is 7.59. The van der Waals surface area contributed by atoms with Crippen molar-refractivity contribution in [1.29, 1.82) is 0 Å². The van der Waals surface area contributed by atoms with Crippen molar-refractivity contribution in [1.82, 2.24) is 20.2 Å². The number of hydrogen-bond acceptors (Lipinski definition) is 5. The van der Waals surface area contributed by atoms with Gasteiger partial charge in [-0.2, -0.15) is 0 Å². The monoisotopic (exact) mass is 404 g/mol. The average molecular weight is 404 g/mol. The van der Waals surface area contributed by atoms with E-state index in [0.29, 0.717) is 36.5 Å². The Bertz CT molecular complexity index is 1070. The number of fused-ring (bicyclic) bond motifs is 1. The van der Waals surface area contributed by atoms with Gasteiger partial charge in [0, 0.05) is 30.4 Å². The number of carbonyl (C=O) groups excluding carboxylic acids is 2. The van der Waals surface area contributed by atoms with Gasteiger partial charge in [-0.3, -0.25) is 14.6 Å². The second-order valence-electron chi connectivity index (χ2n) is 7.59. The van der Waals surface area contributed by atoms with Crippen LogP contribution in [0.25, 0.3) is 10.9 Å². The molecule has 30 heavy (non-hydrogen) atoms. The molecular weight excluding hydrogens is 380 g/mol. The summed E-state index contributed by atoms with van der Waals surface area (Å²) >= 11 is 0. The molecule has 4 rings (SSSR count). The van der Waals surface area contributed by atoms with E-state index in [1.54, 1.807) is 35.5 Å². The van der Waals surface area contributed by atoms with E-state index in [-0.39, 0.29) is 17.9 Å². The maximum atomic E-state index is 12.8. The summed E-state index contributed by atoms with van der Waals surface area (Å²) in [7, 11) is 0. The smallest absolute Gasteiger partial charge is 0.255 e. The lowest BCUT2D eigenvalue weighted by molar-refractivity contribution is -0.0246. The number of nitrogens with zero attached hydrogens (tertiary/aromatic N) is 3. The van der Waals surface area contributed by atoms with Crippen LogP contribution in [0.1, 0.15) is 46.4 Å². The Kier molecular flexibility index (Phi) is 5.72. The van der Waals surface area contributed by atoms with Crippen LogP contribution in [0.4, 0.5) is 0 Å². The van der Waals surface area contributed by atoms with Crippen molar-refractivity contribution in [3.63, 3.8) is 0 Å². The number of rotatable bonds is 4. The number of para-hydroxylation sites is 1. The van der Waals surface area contributed by atoms with E-state index in [1.807, 2.05) is 38.1 Å². The predicted octanol–water partition coefficient (Wildman–Crippen LogP) is 2.98. The molecule has 0 aliphatic carbocycles. The zero-order chi connectivity index (χ0) is 21.1. The Labute approximate surface area is 175 Å². The Morgan fingerprint density at radius 1 is 1.20 bits per heavy atom. The van der Waals surface area contributed by atoms with Crippen molar-refractivity contribution in [3.8, 4) is 0 Å². The number of aromatic nitrogens is 2. The maximum Gasteiger partial charge on any atom is 0.255 e. The van der Waals surface area contributed by atoms with Crippen LogP contribution in [0.2, 0.25) is 0 Å². The van der Waals surface area contributed by atoms with Crippen molar-refractivity contribution >= 4 is 22.7 Å². The van der Waals surface area contributed by atoms with Crippen molar-refractivity contribution in [3.05, 3.63) is 71.7 Å². The van der Waals surface area contributed by atoms with Crippen molar-refractivity contribution in [2.75, 3.05) is 19.7 Å². The van der Waals surface area contributed by atoms with Gasteiger partial charge in [0.15, 0.2) is 0 Å². The fourth-order valence-corrected chi connectivity index (χ4v) is 3.57. The SMILES string of the molecule is CC(C)NC(=O)c1cc(C2CN(C(=O)c3cccnc3)CCO2)nc2ccccc12. The zero-order valence-corrected chi connectivity index (χ0v) is 17.0. The van der Waals surface area contributed by atoms with E-state index in [4.69, 9.17) is 9.72 Å². The molecule has 1 aliphatic rings. The number of benzene rings is 1. The van der Waals surface area contributed by atoms with Crippen LogP contribution in [0.15, 0.2) is 54.9 Å². The zero-order valence-electron chi connectivity index (χ0n) is 17.0. The highest BCUT2D eigenvalue weighted by molar-refractivity contribution is 6.06. The molecule has 3 heterocycles. The van der Waals surface area contributed by atoms with Gasteiger partial charge in [-0.15, -0.1) is 0 Å². The number of hydrogen-bond donors (Lipinski definition) is 1. The lowest BCUT2D eigenvalue weighted by Crippen LogP contribution is -2.42. The van der Waals surface area contributed by atoms with E-state index in [0.717, 1.165) is 10.9 Å². The summed E-state index contributed by atoms with van der Waals surface area (Å²) in [6.07, 6.45) is 2.80. The number of carbonyl (C=O) groups is 2. The van der Waals surface area contributed by atoms with Crippen molar-refractivity contribution in [2.45, 2.75) is 26.0 Å². The summed E-state index contributed by atoms with van der Waals surface area (Å²) in [5.74, 6) is -0.237. The summed E-state index contributed by atoms with van der Waals surface area (Å²) < 4.78 is 5.94. The Hall–Kier alpha value is -3.32. The topological polar surface area (TPSA) is 84.4 Å². The highest BCUT2D eigenvalue weighted by atomic mass is 16.5. The average Bonchev–Trinajstić information content (AvgIpc) is 2.78. The van der Waals surface area contributed by atoms with Gasteiger partial charge in [-0.05, 0) is 38.1 Å². The molecule has 1 unspecified atom stereocenters. The molecule has 0 radical (unpaired) electrons. The number of amides is 2. The molecule has 1 atom stereocenters. The lowest BCUT2D eigenvalue weighted by atomic mass is 10.0. The van der Waals surface area contributed by atoms with Gasteiger partial charge in [0.05, 0.1) is 35.5 Å². The molecule has 0 spiro atoms. The molecule has 154 valence electrons. The van der Waals surface area contributed by atoms with E-state index in [2.05, 4.69) is 10.3 Å². The molecule has 1 aromatic carbocycles. The second kappa shape index (κ2) is 8.59.